The number of alkyl halides is 1. The van der Waals surface area contributed by atoms with E-state index >= 15 is 0 Å². The van der Waals surface area contributed by atoms with Crippen LogP contribution in [0.4, 0.5) is 13.2 Å². The zero-order valence-corrected chi connectivity index (χ0v) is 9.52. The molecular weight excluding hydrogens is 217 g/mol. The van der Waals surface area contributed by atoms with E-state index in [-0.39, 0.29) is 17.7 Å². The number of benzene rings is 1. The predicted molar refractivity (Wildman–Crippen MR) is 56.0 cm³/mol. The maximum atomic E-state index is 13.6. The molecule has 0 aromatic heterocycles. The standard InChI is InChI=1S/C12H15F3O/c1-7(6-16)9-4-8(12(2,3)15)5-10(13)11(9)14/h4-5,7,16H,6H2,1-3H3. The van der Waals surface area contributed by atoms with Crippen LogP contribution in [-0.4, -0.2) is 11.7 Å². The van der Waals surface area contributed by atoms with Crippen LogP contribution < -0.4 is 0 Å². The first-order valence-electron chi connectivity index (χ1n) is 5.06. The minimum absolute atomic E-state index is 0.00299. The second-order valence-corrected chi connectivity index (χ2v) is 4.42. The van der Waals surface area contributed by atoms with Crippen LogP contribution in [-0.2, 0) is 5.67 Å². The molecule has 1 nitrogen and oxygen atoms in total. The first kappa shape index (κ1) is 13.0. The maximum absolute atomic E-state index is 13.6. The SMILES string of the molecule is CC(CO)c1cc(C(C)(C)F)cc(F)c1F. The minimum Gasteiger partial charge on any atom is -0.396 e. The second kappa shape index (κ2) is 4.45. The predicted octanol–water partition coefficient (Wildman–Crippen LogP) is 3.27. The molecule has 0 saturated carbocycles. The van der Waals surface area contributed by atoms with Gasteiger partial charge in [-0.15, -0.1) is 0 Å². The van der Waals surface area contributed by atoms with E-state index < -0.39 is 23.2 Å². The molecule has 1 rings (SSSR count). The molecule has 1 unspecified atom stereocenters. The summed E-state index contributed by atoms with van der Waals surface area (Å²) in [4.78, 5) is 0. The summed E-state index contributed by atoms with van der Waals surface area (Å²) >= 11 is 0. The Morgan fingerprint density at radius 3 is 2.31 bits per heavy atom. The Morgan fingerprint density at radius 2 is 1.88 bits per heavy atom. The fourth-order valence-electron chi connectivity index (χ4n) is 1.41. The lowest BCUT2D eigenvalue weighted by molar-refractivity contribution is 0.219. The van der Waals surface area contributed by atoms with Crippen molar-refractivity contribution in [2.75, 3.05) is 6.61 Å². The van der Waals surface area contributed by atoms with E-state index in [0.717, 1.165) is 6.07 Å². The largest absolute Gasteiger partial charge is 0.396 e. The normalized spacial score (nSPS) is 13.9. The van der Waals surface area contributed by atoms with E-state index in [9.17, 15) is 13.2 Å². The average molecular weight is 232 g/mol. The number of aliphatic hydroxyl groups excluding tert-OH is 1. The van der Waals surface area contributed by atoms with Gasteiger partial charge >= 0.3 is 0 Å². The molecule has 0 spiro atoms. The molecule has 1 atom stereocenters. The first-order chi connectivity index (χ1) is 7.27. The average Bonchev–Trinajstić information content (AvgIpc) is 2.19. The molecule has 1 N–H and O–H groups in total. The van der Waals surface area contributed by atoms with Gasteiger partial charge in [-0.2, -0.15) is 0 Å². The van der Waals surface area contributed by atoms with Gasteiger partial charge in [-0.05, 0) is 37.1 Å². The number of hydrogen-bond acceptors (Lipinski definition) is 1. The Bertz CT molecular complexity index is 383. The Hall–Kier alpha value is -1.03. The fraction of sp³-hybridized carbons (Fsp3) is 0.500. The van der Waals surface area contributed by atoms with Crippen LogP contribution >= 0.6 is 0 Å². The van der Waals surface area contributed by atoms with Crippen LogP contribution in [0.25, 0.3) is 0 Å². The van der Waals surface area contributed by atoms with Gasteiger partial charge in [0.2, 0.25) is 0 Å². The molecule has 4 heteroatoms. The smallest absolute Gasteiger partial charge is 0.162 e. The van der Waals surface area contributed by atoms with E-state index in [0.29, 0.717) is 0 Å². The Morgan fingerprint density at radius 1 is 1.31 bits per heavy atom. The van der Waals surface area contributed by atoms with Crippen molar-refractivity contribution in [3.05, 3.63) is 34.9 Å². The molecule has 0 heterocycles. The van der Waals surface area contributed by atoms with Gasteiger partial charge in [0.25, 0.3) is 0 Å². The van der Waals surface area contributed by atoms with Gasteiger partial charge in [-0.1, -0.05) is 6.92 Å². The minimum atomic E-state index is -1.74. The van der Waals surface area contributed by atoms with Crippen molar-refractivity contribution < 1.29 is 18.3 Å². The zero-order chi connectivity index (χ0) is 12.5. The summed E-state index contributed by atoms with van der Waals surface area (Å²) in [5.74, 6) is -2.66. The highest BCUT2D eigenvalue weighted by Crippen LogP contribution is 2.30. The molecule has 0 aliphatic carbocycles. The highest BCUT2D eigenvalue weighted by Gasteiger charge is 2.24. The Balaban J connectivity index is 3.33. The third-order valence-electron chi connectivity index (χ3n) is 2.55. The van der Waals surface area contributed by atoms with Crippen LogP contribution in [0.1, 0.15) is 37.8 Å². The lowest BCUT2D eigenvalue weighted by Gasteiger charge is -2.18. The first-order valence-corrected chi connectivity index (χ1v) is 5.06. The summed E-state index contributed by atoms with van der Waals surface area (Å²) in [7, 11) is 0. The van der Waals surface area contributed by atoms with E-state index in [4.69, 9.17) is 5.11 Å². The summed E-state index contributed by atoms with van der Waals surface area (Å²) in [5.41, 5.74) is -1.66. The van der Waals surface area contributed by atoms with Gasteiger partial charge in [0.05, 0.1) is 0 Å². The van der Waals surface area contributed by atoms with Crippen LogP contribution in [0.2, 0.25) is 0 Å². The molecule has 1 aromatic carbocycles. The number of aliphatic hydroxyl groups is 1. The number of halogens is 3. The molecule has 0 saturated heterocycles. The van der Waals surface area contributed by atoms with Crippen molar-refractivity contribution in [2.24, 2.45) is 0 Å². The Labute approximate surface area is 92.9 Å². The third kappa shape index (κ3) is 2.55. The maximum Gasteiger partial charge on any atom is 0.162 e. The summed E-state index contributed by atoms with van der Waals surface area (Å²) in [6.45, 7) is 3.78. The van der Waals surface area contributed by atoms with E-state index in [2.05, 4.69) is 0 Å². The highest BCUT2D eigenvalue weighted by atomic mass is 19.2. The molecule has 0 aliphatic rings. The molecule has 90 valence electrons. The van der Waals surface area contributed by atoms with Crippen molar-refractivity contribution in [3.63, 3.8) is 0 Å². The van der Waals surface area contributed by atoms with Crippen molar-refractivity contribution >= 4 is 0 Å². The fourth-order valence-corrected chi connectivity index (χ4v) is 1.41. The summed E-state index contributed by atoms with van der Waals surface area (Å²) in [6.07, 6.45) is 0. The molecule has 0 aliphatic heterocycles. The second-order valence-electron chi connectivity index (χ2n) is 4.42. The molecule has 0 amide bonds. The summed E-state index contributed by atoms with van der Waals surface area (Å²) < 4.78 is 40.3. The monoisotopic (exact) mass is 232 g/mol. The summed E-state index contributed by atoms with van der Waals surface area (Å²) in [6, 6.07) is 2.11. The van der Waals surface area contributed by atoms with Crippen LogP contribution in [0, 0.1) is 11.6 Å². The van der Waals surface area contributed by atoms with Crippen LogP contribution in [0.5, 0.6) is 0 Å². The van der Waals surface area contributed by atoms with Gasteiger partial charge in [-0.3, -0.25) is 0 Å². The highest BCUT2D eigenvalue weighted by molar-refractivity contribution is 5.32. The number of rotatable bonds is 3. The lowest BCUT2D eigenvalue weighted by Crippen LogP contribution is -2.13. The van der Waals surface area contributed by atoms with E-state index in [1.54, 1.807) is 6.92 Å². The van der Waals surface area contributed by atoms with Crippen LogP contribution in [0.15, 0.2) is 12.1 Å². The molecular formula is C12H15F3O. The van der Waals surface area contributed by atoms with Crippen molar-refractivity contribution in [3.8, 4) is 0 Å². The number of hydrogen-bond donors (Lipinski definition) is 1. The lowest BCUT2D eigenvalue weighted by atomic mass is 9.93. The third-order valence-corrected chi connectivity index (χ3v) is 2.55. The van der Waals surface area contributed by atoms with Gasteiger partial charge in [-0.25, -0.2) is 13.2 Å². The molecule has 0 bridgehead atoms. The molecule has 0 fully saturated rings. The Kier molecular flexibility index (Phi) is 3.63. The summed E-state index contributed by atoms with van der Waals surface area (Å²) in [5, 5.41) is 8.91. The molecule has 0 radical (unpaired) electrons. The zero-order valence-electron chi connectivity index (χ0n) is 9.52. The van der Waals surface area contributed by atoms with Crippen molar-refractivity contribution in [1.82, 2.24) is 0 Å². The van der Waals surface area contributed by atoms with Crippen molar-refractivity contribution in [2.45, 2.75) is 32.4 Å². The van der Waals surface area contributed by atoms with Crippen LogP contribution in [0.3, 0.4) is 0 Å². The van der Waals surface area contributed by atoms with E-state index in [1.807, 2.05) is 0 Å². The van der Waals surface area contributed by atoms with Gasteiger partial charge < -0.3 is 5.11 Å². The quantitative estimate of drug-likeness (QED) is 0.848. The van der Waals surface area contributed by atoms with E-state index in [1.165, 1.54) is 19.9 Å². The van der Waals surface area contributed by atoms with Crippen molar-refractivity contribution in [1.29, 1.82) is 0 Å². The van der Waals surface area contributed by atoms with Gasteiger partial charge in [0, 0.05) is 12.5 Å². The van der Waals surface area contributed by atoms with Gasteiger partial charge in [0.15, 0.2) is 11.6 Å². The molecule has 1 aromatic rings. The molecule has 16 heavy (non-hydrogen) atoms. The van der Waals surface area contributed by atoms with Gasteiger partial charge in [0.1, 0.15) is 5.67 Å². The topological polar surface area (TPSA) is 20.2 Å².